The summed E-state index contributed by atoms with van der Waals surface area (Å²) in [4.78, 5) is 26.3. The standard InChI is InChI=1S/C27H20O7/c1-13-3-9-19-17(11-13)24(29)22(26(31)33-19)21(15-5-7-16(28)8-6-15)23-25(30)18-12-14(2)4-10-20(18)34-27(23)32/h3-12,21,28-30H,1-2H3. The van der Waals surface area contributed by atoms with Gasteiger partial charge in [-0.2, -0.15) is 0 Å². The van der Waals surface area contributed by atoms with Crippen molar-refractivity contribution >= 4 is 21.9 Å². The summed E-state index contributed by atoms with van der Waals surface area (Å²) in [5.41, 5.74) is 0.210. The Morgan fingerprint density at radius 1 is 0.647 bits per heavy atom. The summed E-state index contributed by atoms with van der Waals surface area (Å²) < 4.78 is 11.0. The van der Waals surface area contributed by atoms with Crippen molar-refractivity contribution in [3.63, 3.8) is 0 Å². The second kappa shape index (κ2) is 7.81. The van der Waals surface area contributed by atoms with Crippen LogP contribution in [0, 0.1) is 13.8 Å². The third-order valence-corrected chi connectivity index (χ3v) is 5.94. The van der Waals surface area contributed by atoms with Gasteiger partial charge in [0.15, 0.2) is 0 Å². The minimum Gasteiger partial charge on any atom is -0.508 e. The van der Waals surface area contributed by atoms with E-state index in [2.05, 4.69) is 0 Å². The fraction of sp³-hybridized carbons (Fsp3) is 0.111. The van der Waals surface area contributed by atoms with Crippen molar-refractivity contribution in [1.82, 2.24) is 0 Å². The molecule has 7 nitrogen and oxygen atoms in total. The van der Waals surface area contributed by atoms with Gasteiger partial charge in [-0.1, -0.05) is 35.4 Å². The molecule has 0 amide bonds. The molecule has 0 aliphatic carbocycles. The number of rotatable bonds is 3. The predicted molar refractivity (Wildman–Crippen MR) is 127 cm³/mol. The van der Waals surface area contributed by atoms with Crippen molar-refractivity contribution in [3.8, 4) is 17.2 Å². The lowest BCUT2D eigenvalue weighted by molar-refractivity contribution is 0.441. The molecule has 3 aromatic carbocycles. The van der Waals surface area contributed by atoms with E-state index >= 15 is 0 Å². The Labute approximate surface area is 192 Å². The SMILES string of the molecule is Cc1ccc2oc(=O)c(C(c3ccc(O)cc3)c3c(O)c4cc(C)ccc4oc3=O)c(O)c2c1. The molecular formula is C27H20O7. The third-order valence-electron chi connectivity index (χ3n) is 5.94. The van der Waals surface area contributed by atoms with Crippen molar-refractivity contribution < 1.29 is 24.2 Å². The number of fused-ring (bicyclic) bond motifs is 2. The summed E-state index contributed by atoms with van der Waals surface area (Å²) in [5, 5.41) is 32.8. The Morgan fingerprint density at radius 3 is 1.53 bits per heavy atom. The number of phenolic OH excluding ortho intramolecular Hbond substituents is 1. The zero-order chi connectivity index (χ0) is 24.1. The maximum Gasteiger partial charge on any atom is 0.344 e. The summed E-state index contributed by atoms with van der Waals surface area (Å²) in [7, 11) is 0. The number of aryl methyl sites for hydroxylation is 2. The highest BCUT2D eigenvalue weighted by atomic mass is 16.4. The highest BCUT2D eigenvalue weighted by Gasteiger charge is 2.32. The van der Waals surface area contributed by atoms with Crippen LogP contribution in [0.25, 0.3) is 21.9 Å². The molecule has 0 spiro atoms. The highest BCUT2D eigenvalue weighted by molar-refractivity contribution is 5.87. The van der Waals surface area contributed by atoms with Crippen LogP contribution in [0.4, 0.5) is 0 Å². The Bertz CT molecular complexity index is 1590. The largest absolute Gasteiger partial charge is 0.508 e. The van der Waals surface area contributed by atoms with Gasteiger partial charge in [-0.15, -0.1) is 0 Å². The molecular weight excluding hydrogens is 436 g/mol. The van der Waals surface area contributed by atoms with E-state index in [1.54, 1.807) is 36.4 Å². The van der Waals surface area contributed by atoms with Gasteiger partial charge in [0.25, 0.3) is 0 Å². The Hall–Kier alpha value is -4.52. The second-order valence-corrected chi connectivity index (χ2v) is 8.33. The third kappa shape index (κ3) is 3.38. The number of aromatic hydroxyl groups is 3. The van der Waals surface area contributed by atoms with Crippen LogP contribution in [0.5, 0.6) is 17.2 Å². The Morgan fingerprint density at radius 2 is 1.09 bits per heavy atom. The number of hydrogen-bond donors (Lipinski definition) is 3. The van der Waals surface area contributed by atoms with Gasteiger partial charge in [-0.05, 0) is 55.8 Å². The topological polar surface area (TPSA) is 121 Å². The average molecular weight is 456 g/mol. The molecule has 0 bridgehead atoms. The second-order valence-electron chi connectivity index (χ2n) is 8.33. The zero-order valence-electron chi connectivity index (χ0n) is 18.3. The first-order chi connectivity index (χ1) is 16.2. The van der Waals surface area contributed by atoms with Gasteiger partial charge in [-0.3, -0.25) is 0 Å². The van der Waals surface area contributed by atoms with Crippen LogP contribution < -0.4 is 11.3 Å². The van der Waals surface area contributed by atoms with Crippen molar-refractivity contribution in [2.24, 2.45) is 0 Å². The van der Waals surface area contributed by atoms with Gasteiger partial charge >= 0.3 is 11.3 Å². The Balaban J connectivity index is 1.91. The quantitative estimate of drug-likeness (QED) is 0.333. The zero-order valence-corrected chi connectivity index (χ0v) is 18.3. The lowest BCUT2D eigenvalue weighted by atomic mass is 9.84. The van der Waals surface area contributed by atoms with E-state index in [0.29, 0.717) is 16.3 Å². The number of hydrogen-bond acceptors (Lipinski definition) is 7. The Kier molecular flexibility index (Phi) is 4.90. The monoisotopic (exact) mass is 456 g/mol. The van der Waals surface area contributed by atoms with E-state index in [9.17, 15) is 24.9 Å². The fourth-order valence-electron chi connectivity index (χ4n) is 4.28. The fourth-order valence-corrected chi connectivity index (χ4v) is 4.28. The van der Waals surface area contributed by atoms with E-state index in [1.807, 2.05) is 13.8 Å². The molecule has 0 fully saturated rings. The molecule has 0 aliphatic heterocycles. The molecule has 34 heavy (non-hydrogen) atoms. The molecule has 7 heteroatoms. The normalized spacial score (nSPS) is 11.5. The first kappa shape index (κ1) is 21.3. The molecule has 0 aliphatic rings. The number of phenols is 1. The summed E-state index contributed by atoms with van der Waals surface area (Å²) in [6.45, 7) is 3.65. The van der Waals surface area contributed by atoms with E-state index in [4.69, 9.17) is 8.83 Å². The highest BCUT2D eigenvalue weighted by Crippen LogP contribution is 2.42. The van der Waals surface area contributed by atoms with Crippen LogP contribution in [0.1, 0.15) is 33.7 Å². The van der Waals surface area contributed by atoms with Gasteiger partial charge < -0.3 is 24.2 Å². The predicted octanol–water partition coefficient (Wildman–Crippen LogP) is 4.81. The summed E-state index contributed by atoms with van der Waals surface area (Å²) >= 11 is 0. The van der Waals surface area contributed by atoms with E-state index < -0.39 is 17.2 Å². The summed E-state index contributed by atoms with van der Waals surface area (Å²) in [5.74, 6) is -1.99. The van der Waals surface area contributed by atoms with Gasteiger partial charge in [0, 0.05) is 0 Å². The maximum absolute atomic E-state index is 13.1. The van der Waals surface area contributed by atoms with Crippen molar-refractivity contribution in [2.45, 2.75) is 19.8 Å². The van der Waals surface area contributed by atoms with Gasteiger partial charge in [0.2, 0.25) is 0 Å². The first-order valence-electron chi connectivity index (χ1n) is 10.6. The van der Waals surface area contributed by atoms with E-state index in [-0.39, 0.29) is 39.5 Å². The molecule has 2 heterocycles. The lowest BCUT2D eigenvalue weighted by Gasteiger charge is -2.20. The number of benzene rings is 3. The molecule has 170 valence electrons. The summed E-state index contributed by atoms with van der Waals surface area (Å²) in [6.07, 6.45) is 0. The van der Waals surface area contributed by atoms with Crippen LogP contribution in [0.15, 0.2) is 79.1 Å². The molecule has 5 rings (SSSR count). The van der Waals surface area contributed by atoms with E-state index in [1.165, 1.54) is 24.3 Å². The molecule has 0 saturated carbocycles. The van der Waals surface area contributed by atoms with Crippen molar-refractivity contribution in [2.75, 3.05) is 0 Å². The van der Waals surface area contributed by atoms with Gasteiger partial charge in [-0.25, -0.2) is 9.59 Å². The average Bonchev–Trinajstić information content (AvgIpc) is 2.80. The molecule has 2 aromatic heterocycles. The van der Waals surface area contributed by atoms with Crippen LogP contribution in [0.3, 0.4) is 0 Å². The van der Waals surface area contributed by atoms with Crippen LogP contribution >= 0.6 is 0 Å². The maximum atomic E-state index is 13.1. The lowest BCUT2D eigenvalue weighted by Crippen LogP contribution is -2.21. The van der Waals surface area contributed by atoms with Crippen molar-refractivity contribution in [3.05, 3.63) is 109 Å². The van der Waals surface area contributed by atoms with Gasteiger partial charge in [0.05, 0.1) is 27.8 Å². The van der Waals surface area contributed by atoms with Gasteiger partial charge in [0.1, 0.15) is 28.4 Å². The van der Waals surface area contributed by atoms with Crippen molar-refractivity contribution in [1.29, 1.82) is 0 Å². The molecule has 0 unspecified atom stereocenters. The van der Waals surface area contributed by atoms with E-state index in [0.717, 1.165) is 11.1 Å². The first-order valence-corrected chi connectivity index (χ1v) is 10.6. The molecule has 5 aromatic rings. The smallest absolute Gasteiger partial charge is 0.344 e. The minimum atomic E-state index is -1.23. The van der Waals surface area contributed by atoms with Crippen LogP contribution in [-0.4, -0.2) is 15.3 Å². The minimum absolute atomic E-state index is 0.0294. The summed E-state index contributed by atoms with van der Waals surface area (Å²) in [6, 6.07) is 15.7. The molecule has 3 N–H and O–H groups in total. The molecule has 0 saturated heterocycles. The van der Waals surface area contributed by atoms with Crippen LogP contribution in [0.2, 0.25) is 0 Å². The molecule has 0 radical (unpaired) electrons. The molecule has 0 atom stereocenters. The van der Waals surface area contributed by atoms with Crippen LogP contribution in [-0.2, 0) is 0 Å².